The molecule has 0 atom stereocenters. The Balaban J connectivity index is 0.00000144. The Kier molecular flexibility index (Phi) is 5.24. The zero-order valence-electron chi connectivity index (χ0n) is 8.75. The van der Waals surface area contributed by atoms with Crippen LogP contribution in [-0.4, -0.2) is 8.07 Å². The fourth-order valence-electron chi connectivity index (χ4n) is 1.26. The Hall–Kier alpha value is -0.356. The molecule has 0 radical (unpaired) electrons. The molecule has 0 nitrogen and oxygen atoms in total. The quantitative estimate of drug-likeness (QED) is 0.438. The molecule has 0 aliphatic rings. The summed E-state index contributed by atoms with van der Waals surface area (Å²) in [5.74, 6) is 0. The first-order valence-electron chi connectivity index (χ1n) is 4.19. The third-order valence-corrected chi connectivity index (χ3v) is 4.94. The van der Waals surface area contributed by atoms with Crippen molar-refractivity contribution in [3.8, 4) is 0 Å². The molecule has 0 heterocycles. The maximum atomic E-state index is 3.75. The second kappa shape index (κ2) is 5.39. The first-order valence-corrected chi connectivity index (χ1v) is 7.27. The Morgan fingerprint density at radius 3 is 2.23 bits per heavy atom. The van der Waals surface area contributed by atoms with Gasteiger partial charge in [-0.1, -0.05) is 48.6 Å². The Morgan fingerprint density at radius 2 is 1.77 bits per heavy atom. The van der Waals surface area contributed by atoms with Crippen molar-refractivity contribution in [2.24, 2.45) is 0 Å². The standard InChI is InChI=1S/C11H15Si.Li/c1-4-10-12(2,3)11-8-6-5-7-9-11;/h4-10H,1H2,2-3H3;/q-1;+1. The Labute approximate surface area is 94.2 Å². The van der Waals surface area contributed by atoms with E-state index in [1.165, 1.54) is 5.19 Å². The Bertz CT molecular complexity index is 254. The van der Waals surface area contributed by atoms with E-state index in [-0.39, 0.29) is 18.9 Å². The zero-order chi connectivity index (χ0) is 9.03. The second-order valence-electron chi connectivity index (χ2n) is 3.49. The first-order chi connectivity index (χ1) is 5.67. The third-order valence-electron chi connectivity index (χ3n) is 2.05. The van der Waals surface area contributed by atoms with Gasteiger partial charge in [0.1, 0.15) is 0 Å². The van der Waals surface area contributed by atoms with Crippen molar-refractivity contribution in [3.63, 3.8) is 0 Å². The third kappa shape index (κ3) is 3.48. The number of benzene rings is 1. The molecule has 0 N–H and O–H groups in total. The zero-order valence-corrected chi connectivity index (χ0v) is 9.75. The predicted octanol–water partition coefficient (Wildman–Crippen LogP) is -0.465. The second-order valence-corrected chi connectivity index (χ2v) is 7.84. The van der Waals surface area contributed by atoms with Crippen molar-refractivity contribution >= 4 is 13.3 Å². The Morgan fingerprint density at radius 1 is 1.23 bits per heavy atom. The molecule has 0 saturated heterocycles. The molecule has 1 aromatic rings. The molecule has 1 aromatic carbocycles. The summed E-state index contributed by atoms with van der Waals surface area (Å²) in [5, 5.41) is 1.46. The SMILES string of the molecule is C=C[CH-][Si](C)(C)c1ccccc1.[Li+]. The van der Waals surface area contributed by atoms with E-state index >= 15 is 0 Å². The van der Waals surface area contributed by atoms with Crippen molar-refractivity contribution in [1.29, 1.82) is 0 Å². The van der Waals surface area contributed by atoms with Gasteiger partial charge in [-0.15, -0.1) is 0 Å². The molecule has 0 bridgehead atoms. The smallest absolute Gasteiger partial charge is 0.245 e. The molecule has 0 aliphatic carbocycles. The molecule has 0 spiro atoms. The van der Waals surface area contributed by atoms with Gasteiger partial charge in [-0.3, -0.25) is 0 Å². The van der Waals surface area contributed by atoms with Crippen LogP contribution in [0.4, 0.5) is 0 Å². The summed E-state index contributed by atoms with van der Waals surface area (Å²) in [6.07, 6.45) is 1.92. The molecule has 0 unspecified atom stereocenters. The van der Waals surface area contributed by atoms with E-state index in [0.717, 1.165) is 0 Å². The largest absolute Gasteiger partial charge is 1.00 e. The normalized spacial score (nSPS) is 10.0. The summed E-state index contributed by atoms with van der Waals surface area (Å²) in [4.78, 5) is 0. The summed E-state index contributed by atoms with van der Waals surface area (Å²) in [5.41, 5.74) is 0. The fraction of sp³-hybridized carbons (Fsp3) is 0.182. The number of hydrogen-bond donors (Lipinski definition) is 0. The van der Waals surface area contributed by atoms with E-state index in [1.54, 1.807) is 0 Å². The van der Waals surface area contributed by atoms with Gasteiger partial charge in [-0.25, -0.2) is 18.7 Å². The van der Waals surface area contributed by atoms with Crippen molar-refractivity contribution < 1.29 is 18.9 Å². The van der Waals surface area contributed by atoms with E-state index < -0.39 is 8.07 Å². The summed E-state index contributed by atoms with van der Waals surface area (Å²) < 4.78 is 0. The van der Waals surface area contributed by atoms with E-state index in [9.17, 15) is 0 Å². The predicted molar refractivity (Wildman–Crippen MR) is 58.1 cm³/mol. The minimum Gasteiger partial charge on any atom is -0.245 e. The van der Waals surface area contributed by atoms with Crippen LogP contribution in [-0.2, 0) is 0 Å². The van der Waals surface area contributed by atoms with Crippen LogP contribution in [0.3, 0.4) is 0 Å². The van der Waals surface area contributed by atoms with Gasteiger partial charge in [-0.2, -0.15) is 0 Å². The van der Waals surface area contributed by atoms with Crippen molar-refractivity contribution in [1.82, 2.24) is 0 Å². The van der Waals surface area contributed by atoms with E-state index in [2.05, 4.69) is 56.0 Å². The molecular formula is C11H15LiSi. The van der Waals surface area contributed by atoms with Gasteiger partial charge in [0.25, 0.3) is 0 Å². The van der Waals surface area contributed by atoms with Crippen LogP contribution in [0.5, 0.6) is 0 Å². The van der Waals surface area contributed by atoms with E-state index in [4.69, 9.17) is 0 Å². The van der Waals surface area contributed by atoms with Gasteiger partial charge < -0.3 is 0 Å². The molecule has 1 rings (SSSR count). The van der Waals surface area contributed by atoms with E-state index in [0.29, 0.717) is 0 Å². The maximum absolute atomic E-state index is 3.75. The topological polar surface area (TPSA) is 0 Å². The molecule has 0 aliphatic heterocycles. The van der Waals surface area contributed by atoms with Crippen LogP contribution in [0.15, 0.2) is 43.0 Å². The number of hydrogen-bond acceptors (Lipinski definition) is 0. The van der Waals surface area contributed by atoms with E-state index in [1.807, 2.05) is 6.08 Å². The first kappa shape index (κ1) is 12.6. The minimum absolute atomic E-state index is 0. The minimum atomic E-state index is -1.32. The summed E-state index contributed by atoms with van der Waals surface area (Å²) in [6.45, 7) is 8.40. The fourth-order valence-corrected chi connectivity index (χ4v) is 3.09. The van der Waals surface area contributed by atoms with Crippen LogP contribution >= 0.6 is 0 Å². The van der Waals surface area contributed by atoms with Gasteiger partial charge in [0.2, 0.25) is 0 Å². The average Bonchev–Trinajstić information content (AvgIpc) is 2.06. The van der Waals surface area contributed by atoms with Gasteiger partial charge in [0, 0.05) is 8.07 Å². The molecule has 0 saturated carbocycles. The number of allylic oxidation sites excluding steroid dienone is 1. The monoisotopic (exact) mass is 182 g/mol. The van der Waals surface area contributed by atoms with Gasteiger partial charge >= 0.3 is 18.9 Å². The molecule has 13 heavy (non-hydrogen) atoms. The van der Waals surface area contributed by atoms with Gasteiger partial charge in [0.15, 0.2) is 0 Å². The van der Waals surface area contributed by atoms with Gasteiger partial charge in [-0.05, 0) is 0 Å². The number of rotatable bonds is 3. The molecule has 0 amide bonds. The molecule has 0 aromatic heterocycles. The van der Waals surface area contributed by atoms with Crippen LogP contribution in [0.2, 0.25) is 13.1 Å². The van der Waals surface area contributed by atoms with Crippen molar-refractivity contribution in [2.75, 3.05) is 0 Å². The summed E-state index contributed by atoms with van der Waals surface area (Å²) in [6, 6.07) is 12.9. The molecule has 64 valence electrons. The summed E-state index contributed by atoms with van der Waals surface area (Å²) in [7, 11) is -1.32. The molecule has 2 heteroatoms. The van der Waals surface area contributed by atoms with Crippen molar-refractivity contribution in [2.45, 2.75) is 13.1 Å². The van der Waals surface area contributed by atoms with Crippen LogP contribution in [0, 0.1) is 6.04 Å². The maximum Gasteiger partial charge on any atom is 1.00 e. The van der Waals surface area contributed by atoms with Crippen molar-refractivity contribution in [3.05, 3.63) is 49.0 Å². The molecular weight excluding hydrogens is 167 g/mol. The van der Waals surface area contributed by atoms with Crippen LogP contribution in [0.25, 0.3) is 0 Å². The van der Waals surface area contributed by atoms with Crippen LogP contribution in [0.1, 0.15) is 0 Å². The molecule has 0 fully saturated rings. The summed E-state index contributed by atoms with van der Waals surface area (Å²) >= 11 is 0. The average molecular weight is 182 g/mol. The van der Waals surface area contributed by atoms with Gasteiger partial charge in [0.05, 0.1) is 0 Å². The van der Waals surface area contributed by atoms with Crippen LogP contribution < -0.4 is 24.0 Å².